The van der Waals surface area contributed by atoms with Gasteiger partial charge in [0.2, 0.25) is 5.92 Å². The molecule has 0 bridgehead atoms. The first-order valence-corrected chi connectivity index (χ1v) is 3.39. The predicted octanol–water partition coefficient (Wildman–Crippen LogP) is 2.69. The van der Waals surface area contributed by atoms with Crippen LogP contribution in [0.4, 0.5) is 8.78 Å². The Morgan fingerprint density at radius 1 is 1.33 bits per heavy atom. The van der Waals surface area contributed by atoms with Gasteiger partial charge >= 0.3 is 0 Å². The molecule has 0 unspecified atom stereocenters. The first-order valence-electron chi connectivity index (χ1n) is 3.39. The molecule has 0 radical (unpaired) electrons. The van der Waals surface area contributed by atoms with Gasteiger partial charge in [-0.25, -0.2) is 8.78 Å². The van der Waals surface area contributed by atoms with Crippen LogP contribution in [0.5, 0.6) is 0 Å². The molecule has 1 rings (SSSR count). The summed E-state index contributed by atoms with van der Waals surface area (Å²) in [5, 5.41) is 0. The van der Waals surface area contributed by atoms with E-state index in [1.807, 2.05) is 13.8 Å². The molecule has 2 heteroatoms. The van der Waals surface area contributed by atoms with E-state index in [1.54, 1.807) is 0 Å². The van der Waals surface area contributed by atoms with Gasteiger partial charge in [-0.2, -0.15) is 0 Å². The number of halogens is 2. The quantitative estimate of drug-likeness (QED) is 0.517. The molecule has 0 aromatic heterocycles. The summed E-state index contributed by atoms with van der Waals surface area (Å²) in [4.78, 5) is 0. The first-order chi connectivity index (χ1) is 4.01. The van der Waals surface area contributed by atoms with Crippen molar-refractivity contribution in [1.82, 2.24) is 0 Å². The topological polar surface area (TPSA) is 0 Å². The van der Waals surface area contributed by atoms with Crippen LogP contribution in [-0.4, -0.2) is 5.92 Å². The Morgan fingerprint density at radius 2 is 1.78 bits per heavy atom. The van der Waals surface area contributed by atoms with Crippen molar-refractivity contribution in [2.24, 2.45) is 11.8 Å². The van der Waals surface area contributed by atoms with Crippen LogP contribution >= 0.6 is 0 Å². The lowest BCUT2D eigenvalue weighted by Crippen LogP contribution is -2.37. The molecular weight excluding hydrogens is 122 g/mol. The number of rotatable bonds is 1. The Balaban J connectivity index is 2.27. The van der Waals surface area contributed by atoms with E-state index in [-0.39, 0.29) is 18.8 Å². The summed E-state index contributed by atoms with van der Waals surface area (Å²) in [7, 11) is 0. The van der Waals surface area contributed by atoms with Crippen molar-refractivity contribution < 1.29 is 8.78 Å². The summed E-state index contributed by atoms with van der Waals surface area (Å²) in [6.07, 6.45) is 0.231. The summed E-state index contributed by atoms with van der Waals surface area (Å²) < 4.78 is 24.3. The summed E-state index contributed by atoms with van der Waals surface area (Å²) in [6.45, 7) is 4.00. The zero-order chi connectivity index (χ0) is 7.07. The molecule has 0 atom stereocenters. The maximum atomic E-state index is 12.1. The Morgan fingerprint density at radius 3 is 1.89 bits per heavy atom. The first kappa shape index (κ1) is 6.97. The van der Waals surface area contributed by atoms with Crippen molar-refractivity contribution in [3.8, 4) is 0 Å². The van der Waals surface area contributed by atoms with Gasteiger partial charge in [-0.1, -0.05) is 13.8 Å². The average Bonchev–Trinajstić information content (AvgIpc) is 1.59. The molecule has 0 N–H and O–H groups in total. The molecule has 0 nitrogen and oxygen atoms in total. The fourth-order valence-electron chi connectivity index (χ4n) is 1.18. The van der Waals surface area contributed by atoms with Gasteiger partial charge in [-0.05, 0) is 11.8 Å². The van der Waals surface area contributed by atoms with E-state index in [9.17, 15) is 8.78 Å². The molecule has 0 amide bonds. The minimum Gasteiger partial charge on any atom is -0.207 e. The molecule has 1 aliphatic carbocycles. The van der Waals surface area contributed by atoms with Gasteiger partial charge < -0.3 is 0 Å². The number of alkyl halides is 2. The third-order valence-electron chi connectivity index (χ3n) is 2.06. The van der Waals surface area contributed by atoms with Gasteiger partial charge in [0.15, 0.2) is 0 Å². The monoisotopic (exact) mass is 134 g/mol. The van der Waals surface area contributed by atoms with Crippen LogP contribution in [0.25, 0.3) is 0 Å². The molecule has 0 aliphatic heterocycles. The largest absolute Gasteiger partial charge is 0.248 e. The molecule has 9 heavy (non-hydrogen) atoms. The van der Waals surface area contributed by atoms with Gasteiger partial charge in [-0.15, -0.1) is 0 Å². The highest BCUT2D eigenvalue weighted by molar-refractivity contribution is 4.87. The molecule has 0 saturated heterocycles. The lowest BCUT2D eigenvalue weighted by Gasteiger charge is -2.37. The maximum Gasteiger partial charge on any atom is 0.248 e. The van der Waals surface area contributed by atoms with E-state index in [1.165, 1.54) is 0 Å². The molecular formula is C7H12F2. The van der Waals surface area contributed by atoms with Crippen molar-refractivity contribution in [1.29, 1.82) is 0 Å². The highest BCUT2D eigenvalue weighted by atomic mass is 19.3. The number of hydrogen-bond donors (Lipinski definition) is 0. The molecule has 0 heterocycles. The Bertz CT molecular complexity index is 99.5. The molecule has 0 aromatic rings. The van der Waals surface area contributed by atoms with E-state index in [4.69, 9.17) is 0 Å². The minimum atomic E-state index is -2.32. The van der Waals surface area contributed by atoms with Crippen molar-refractivity contribution in [3.05, 3.63) is 0 Å². The van der Waals surface area contributed by atoms with Gasteiger partial charge in [0.1, 0.15) is 0 Å². The summed E-state index contributed by atoms with van der Waals surface area (Å²) in [5.74, 6) is -1.61. The van der Waals surface area contributed by atoms with E-state index < -0.39 is 5.92 Å². The van der Waals surface area contributed by atoms with Crippen LogP contribution in [0.2, 0.25) is 0 Å². The zero-order valence-corrected chi connectivity index (χ0v) is 5.82. The van der Waals surface area contributed by atoms with Gasteiger partial charge in [0.25, 0.3) is 0 Å². The molecule has 0 spiro atoms. The fraction of sp³-hybridized carbons (Fsp3) is 1.00. The van der Waals surface area contributed by atoms with E-state index >= 15 is 0 Å². The summed E-state index contributed by atoms with van der Waals surface area (Å²) in [6, 6.07) is 0. The predicted molar refractivity (Wildman–Crippen MR) is 32.5 cm³/mol. The van der Waals surface area contributed by atoms with Gasteiger partial charge in [0.05, 0.1) is 0 Å². The van der Waals surface area contributed by atoms with Crippen LogP contribution in [0.3, 0.4) is 0 Å². The highest BCUT2D eigenvalue weighted by Crippen LogP contribution is 2.45. The Hall–Kier alpha value is -0.140. The van der Waals surface area contributed by atoms with Crippen LogP contribution in [0.15, 0.2) is 0 Å². The van der Waals surface area contributed by atoms with E-state index in [0.717, 1.165) is 0 Å². The fourth-order valence-corrected chi connectivity index (χ4v) is 1.18. The second kappa shape index (κ2) is 1.93. The molecule has 1 saturated carbocycles. The second-order valence-corrected chi connectivity index (χ2v) is 3.27. The van der Waals surface area contributed by atoms with Crippen LogP contribution in [0, 0.1) is 11.8 Å². The molecule has 54 valence electrons. The highest BCUT2D eigenvalue weighted by Gasteiger charge is 2.45. The van der Waals surface area contributed by atoms with Crippen molar-refractivity contribution in [2.45, 2.75) is 32.6 Å². The number of hydrogen-bond acceptors (Lipinski definition) is 0. The van der Waals surface area contributed by atoms with Crippen LogP contribution in [-0.2, 0) is 0 Å². The molecule has 1 aliphatic rings. The second-order valence-electron chi connectivity index (χ2n) is 3.27. The molecule has 0 aromatic carbocycles. The normalized spacial score (nSPS) is 26.3. The average molecular weight is 134 g/mol. The standard InChI is InChI=1S/C7H12F2/c1-5(2)6-3-7(8,9)4-6/h5-6H,3-4H2,1-2H3. The Labute approximate surface area is 54.3 Å². The lowest BCUT2D eigenvalue weighted by molar-refractivity contribution is -0.122. The minimum absolute atomic E-state index is 0.116. The SMILES string of the molecule is CC(C)C1CC(F)(F)C1. The van der Waals surface area contributed by atoms with E-state index in [2.05, 4.69) is 0 Å². The third-order valence-corrected chi connectivity index (χ3v) is 2.06. The lowest BCUT2D eigenvalue weighted by atomic mass is 9.74. The molecule has 1 fully saturated rings. The summed E-state index contributed by atoms with van der Waals surface area (Å²) >= 11 is 0. The smallest absolute Gasteiger partial charge is 0.207 e. The van der Waals surface area contributed by atoms with Crippen molar-refractivity contribution >= 4 is 0 Å². The summed E-state index contributed by atoms with van der Waals surface area (Å²) in [5.41, 5.74) is 0. The Kier molecular flexibility index (Phi) is 1.49. The third kappa shape index (κ3) is 1.41. The maximum absolute atomic E-state index is 12.1. The van der Waals surface area contributed by atoms with Crippen LogP contribution < -0.4 is 0 Å². The zero-order valence-electron chi connectivity index (χ0n) is 5.82. The van der Waals surface area contributed by atoms with Crippen molar-refractivity contribution in [3.63, 3.8) is 0 Å². The van der Waals surface area contributed by atoms with Gasteiger partial charge in [0, 0.05) is 12.8 Å². The van der Waals surface area contributed by atoms with E-state index in [0.29, 0.717) is 5.92 Å². The van der Waals surface area contributed by atoms with Crippen LogP contribution in [0.1, 0.15) is 26.7 Å². The van der Waals surface area contributed by atoms with Gasteiger partial charge in [-0.3, -0.25) is 0 Å². The van der Waals surface area contributed by atoms with Crippen molar-refractivity contribution in [2.75, 3.05) is 0 Å².